The lowest BCUT2D eigenvalue weighted by atomic mass is 10.0. The largest absolute Gasteiger partial charge is 0.378 e. The normalized spacial score (nSPS) is 19.3. The lowest BCUT2D eigenvalue weighted by Gasteiger charge is -2.36. The highest BCUT2D eigenvalue weighted by molar-refractivity contribution is 5.94. The van der Waals surface area contributed by atoms with E-state index in [0.717, 1.165) is 49.2 Å². The molecule has 164 valence electrons. The molecule has 2 saturated heterocycles. The van der Waals surface area contributed by atoms with Crippen molar-refractivity contribution in [3.63, 3.8) is 0 Å². The zero-order valence-electron chi connectivity index (χ0n) is 17.4. The smallest absolute Gasteiger partial charge is 0.254 e. The second-order valence-electron chi connectivity index (χ2n) is 7.95. The van der Waals surface area contributed by atoms with Gasteiger partial charge in [-0.25, -0.2) is 9.37 Å². The number of halogens is 1. The summed E-state index contributed by atoms with van der Waals surface area (Å²) in [7, 11) is 0. The van der Waals surface area contributed by atoms with Crippen molar-refractivity contribution in [3.05, 3.63) is 46.9 Å². The number of hydrogen-bond acceptors (Lipinski definition) is 7. The number of hydrogen-bond donors (Lipinski definition) is 0. The summed E-state index contributed by atoms with van der Waals surface area (Å²) >= 11 is 0. The second kappa shape index (κ2) is 8.76. The Morgan fingerprint density at radius 2 is 1.52 bits per heavy atom. The molecule has 0 unspecified atom stereocenters. The zero-order valence-corrected chi connectivity index (χ0v) is 17.4. The molecule has 2 aromatic rings. The molecule has 0 atom stereocenters. The Morgan fingerprint density at radius 1 is 0.871 bits per heavy atom. The van der Waals surface area contributed by atoms with E-state index in [1.807, 2.05) is 0 Å². The van der Waals surface area contributed by atoms with E-state index < -0.39 is 0 Å². The van der Waals surface area contributed by atoms with Gasteiger partial charge in [-0.3, -0.25) is 4.79 Å². The highest BCUT2D eigenvalue weighted by Gasteiger charge is 2.30. The first kappa shape index (κ1) is 20.1. The molecule has 9 heteroatoms. The Kier molecular flexibility index (Phi) is 5.69. The van der Waals surface area contributed by atoms with Crippen molar-refractivity contribution in [1.29, 1.82) is 0 Å². The highest BCUT2D eigenvalue weighted by Crippen LogP contribution is 2.30. The van der Waals surface area contributed by atoms with E-state index in [0.29, 0.717) is 51.5 Å². The van der Waals surface area contributed by atoms with E-state index >= 15 is 0 Å². The highest BCUT2D eigenvalue weighted by atomic mass is 19.1. The average Bonchev–Trinajstić information content (AvgIpc) is 2.84. The Hall–Kier alpha value is -2.78. The maximum atomic E-state index is 13.3. The van der Waals surface area contributed by atoms with Gasteiger partial charge in [0.05, 0.1) is 38.7 Å². The number of morpholine rings is 2. The van der Waals surface area contributed by atoms with Crippen molar-refractivity contribution in [2.45, 2.75) is 13.0 Å². The van der Waals surface area contributed by atoms with Crippen LogP contribution in [0.15, 0.2) is 24.3 Å². The van der Waals surface area contributed by atoms with Crippen LogP contribution in [0, 0.1) is 5.82 Å². The van der Waals surface area contributed by atoms with Gasteiger partial charge in [0.15, 0.2) is 0 Å². The molecule has 3 aliphatic rings. The van der Waals surface area contributed by atoms with Gasteiger partial charge in [0.25, 0.3) is 5.91 Å². The molecule has 0 saturated carbocycles. The Balaban J connectivity index is 1.46. The van der Waals surface area contributed by atoms with Crippen LogP contribution >= 0.6 is 0 Å². The van der Waals surface area contributed by atoms with Crippen LogP contribution in [0.4, 0.5) is 16.2 Å². The summed E-state index contributed by atoms with van der Waals surface area (Å²) < 4.78 is 24.3. The van der Waals surface area contributed by atoms with Crippen molar-refractivity contribution in [3.8, 4) is 0 Å². The van der Waals surface area contributed by atoms with E-state index in [1.54, 1.807) is 4.90 Å². The zero-order chi connectivity index (χ0) is 21.2. The third kappa shape index (κ3) is 4.20. The fourth-order valence-electron chi connectivity index (χ4n) is 4.27. The number of nitrogens with zero attached hydrogens (tertiary/aromatic N) is 5. The third-order valence-electron chi connectivity index (χ3n) is 6.01. The number of carbonyl (C=O) groups excluding carboxylic acids is 1. The van der Waals surface area contributed by atoms with Crippen LogP contribution < -0.4 is 9.80 Å². The summed E-state index contributed by atoms with van der Waals surface area (Å²) in [5, 5.41) is 0. The number of ether oxygens (including phenoxy) is 2. The third-order valence-corrected chi connectivity index (χ3v) is 6.01. The monoisotopic (exact) mass is 427 g/mol. The maximum absolute atomic E-state index is 13.3. The lowest BCUT2D eigenvalue weighted by molar-refractivity contribution is 0.0732. The van der Waals surface area contributed by atoms with Crippen LogP contribution in [0.5, 0.6) is 0 Å². The van der Waals surface area contributed by atoms with Gasteiger partial charge in [-0.05, 0) is 24.3 Å². The van der Waals surface area contributed by atoms with Crippen LogP contribution in [0.2, 0.25) is 0 Å². The van der Waals surface area contributed by atoms with Crippen LogP contribution in [0.3, 0.4) is 0 Å². The van der Waals surface area contributed by atoms with Gasteiger partial charge >= 0.3 is 0 Å². The number of amides is 1. The Morgan fingerprint density at radius 3 is 2.19 bits per heavy atom. The van der Waals surface area contributed by atoms with Crippen LogP contribution in [-0.4, -0.2) is 79.9 Å². The molecule has 3 aliphatic heterocycles. The van der Waals surface area contributed by atoms with Gasteiger partial charge in [-0.1, -0.05) is 0 Å². The molecule has 0 N–H and O–H groups in total. The minimum atomic E-state index is -0.348. The first-order chi connectivity index (χ1) is 15.2. The molecule has 0 radical (unpaired) electrons. The molecule has 0 spiro atoms. The standard InChI is InChI=1S/C22H26FN5O3/c23-17-3-1-16(2-4-17)21(29)28-6-5-19-18(15-28)20(26-7-11-30-12-8-26)25-22(24-19)27-9-13-31-14-10-27/h1-4H,5-15H2. The van der Waals surface area contributed by atoms with Gasteiger partial charge in [0.1, 0.15) is 11.6 Å². The van der Waals surface area contributed by atoms with Crippen molar-refractivity contribution < 1.29 is 18.7 Å². The number of rotatable bonds is 3. The van der Waals surface area contributed by atoms with Crippen molar-refractivity contribution >= 4 is 17.7 Å². The number of aromatic nitrogens is 2. The van der Waals surface area contributed by atoms with Gasteiger partial charge in [-0.15, -0.1) is 0 Å². The van der Waals surface area contributed by atoms with E-state index in [1.165, 1.54) is 24.3 Å². The van der Waals surface area contributed by atoms with Crippen molar-refractivity contribution in [2.75, 3.05) is 69.0 Å². The number of anilines is 2. The summed E-state index contributed by atoms with van der Waals surface area (Å²) in [6, 6.07) is 5.71. The molecule has 8 nitrogen and oxygen atoms in total. The minimum Gasteiger partial charge on any atom is -0.378 e. The van der Waals surface area contributed by atoms with Gasteiger partial charge in [0.2, 0.25) is 5.95 Å². The van der Waals surface area contributed by atoms with E-state index in [4.69, 9.17) is 19.4 Å². The summed E-state index contributed by atoms with van der Waals surface area (Å²) in [5.74, 6) is 1.18. The van der Waals surface area contributed by atoms with Gasteiger partial charge < -0.3 is 24.2 Å². The lowest BCUT2D eigenvalue weighted by Crippen LogP contribution is -2.42. The van der Waals surface area contributed by atoms with E-state index in [9.17, 15) is 9.18 Å². The molecular formula is C22H26FN5O3. The SMILES string of the molecule is O=C(c1ccc(F)cc1)N1CCc2nc(N3CCOCC3)nc(N3CCOCC3)c2C1. The number of fused-ring (bicyclic) bond motifs is 1. The van der Waals surface area contributed by atoms with Crippen LogP contribution in [-0.2, 0) is 22.4 Å². The molecule has 1 amide bonds. The van der Waals surface area contributed by atoms with Gasteiger partial charge in [0, 0.05) is 50.3 Å². The summed E-state index contributed by atoms with van der Waals surface area (Å²) in [5.41, 5.74) is 2.49. The molecule has 31 heavy (non-hydrogen) atoms. The average molecular weight is 427 g/mol. The molecular weight excluding hydrogens is 401 g/mol. The molecule has 0 aliphatic carbocycles. The molecule has 0 bridgehead atoms. The number of benzene rings is 1. The van der Waals surface area contributed by atoms with Gasteiger partial charge in [-0.2, -0.15) is 4.98 Å². The quantitative estimate of drug-likeness (QED) is 0.735. The van der Waals surface area contributed by atoms with Crippen molar-refractivity contribution in [1.82, 2.24) is 14.9 Å². The Bertz CT molecular complexity index is 943. The summed E-state index contributed by atoms with van der Waals surface area (Å²) in [6.07, 6.45) is 0.666. The minimum absolute atomic E-state index is 0.101. The first-order valence-electron chi connectivity index (χ1n) is 10.8. The van der Waals surface area contributed by atoms with Crippen LogP contribution in [0.25, 0.3) is 0 Å². The van der Waals surface area contributed by atoms with Crippen molar-refractivity contribution in [2.24, 2.45) is 0 Å². The second-order valence-corrected chi connectivity index (χ2v) is 7.95. The molecule has 1 aromatic carbocycles. The maximum Gasteiger partial charge on any atom is 0.254 e. The fraction of sp³-hybridized carbons (Fsp3) is 0.500. The fourth-order valence-corrected chi connectivity index (χ4v) is 4.27. The first-order valence-corrected chi connectivity index (χ1v) is 10.8. The number of carbonyl (C=O) groups is 1. The predicted molar refractivity (Wildman–Crippen MR) is 113 cm³/mol. The van der Waals surface area contributed by atoms with Crippen LogP contribution in [0.1, 0.15) is 21.6 Å². The molecule has 1 aromatic heterocycles. The van der Waals surface area contributed by atoms with E-state index in [2.05, 4.69) is 9.80 Å². The predicted octanol–water partition coefficient (Wildman–Crippen LogP) is 1.49. The summed E-state index contributed by atoms with van der Waals surface area (Å²) in [4.78, 5) is 29.1. The van der Waals surface area contributed by atoms with E-state index in [-0.39, 0.29) is 11.7 Å². The Labute approximate surface area is 180 Å². The summed E-state index contributed by atoms with van der Waals surface area (Å²) in [6.45, 7) is 6.75. The molecule has 5 rings (SSSR count). The topological polar surface area (TPSA) is 71.0 Å². The molecule has 2 fully saturated rings. The molecule has 4 heterocycles.